The molecule has 1 aromatic carbocycles. The SMILES string of the molecule is CN(C(=O)CCc1cnn(C)c1)c1cc(-c2ccccc2)[nH]n1. The molecule has 0 spiro atoms. The van der Waals surface area contributed by atoms with E-state index in [1.54, 1.807) is 22.8 Å². The van der Waals surface area contributed by atoms with Gasteiger partial charge in [-0.3, -0.25) is 19.5 Å². The van der Waals surface area contributed by atoms with Crippen LogP contribution < -0.4 is 4.90 Å². The number of aromatic amines is 1. The number of benzene rings is 1. The van der Waals surface area contributed by atoms with Crippen LogP contribution in [0.2, 0.25) is 0 Å². The number of aryl methyl sites for hydroxylation is 2. The van der Waals surface area contributed by atoms with Crippen LogP contribution in [0.4, 0.5) is 5.82 Å². The number of anilines is 1. The third-order valence-electron chi connectivity index (χ3n) is 3.75. The van der Waals surface area contributed by atoms with E-state index in [9.17, 15) is 4.79 Å². The summed E-state index contributed by atoms with van der Waals surface area (Å²) in [5.74, 6) is 0.653. The van der Waals surface area contributed by atoms with Crippen molar-refractivity contribution in [1.29, 1.82) is 0 Å². The van der Waals surface area contributed by atoms with Crippen molar-refractivity contribution in [2.75, 3.05) is 11.9 Å². The summed E-state index contributed by atoms with van der Waals surface area (Å²) < 4.78 is 1.74. The number of hydrogen-bond donors (Lipinski definition) is 1. The van der Waals surface area contributed by atoms with Gasteiger partial charge in [0, 0.05) is 32.8 Å². The minimum absolute atomic E-state index is 0.0277. The Morgan fingerprint density at radius 2 is 2.09 bits per heavy atom. The standard InChI is InChI=1S/C17H19N5O/c1-21-12-13(11-18-21)8-9-17(23)22(2)16-10-15(19-20-16)14-6-4-3-5-7-14/h3-7,10-12H,8-9H2,1-2H3,(H,19,20). The lowest BCUT2D eigenvalue weighted by Crippen LogP contribution is -2.26. The Kier molecular flexibility index (Phi) is 4.23. The molecule has 0 saturated carbocycles. The second kappa shape index (κ2) is 6.48. The molecule has 1 amide bonds. The average Bonchev–Trinajstić information content (AvgIpc) is 3.22. The molecule has 1 N–H and O–H groups in total. The van der Waals surface area contributed by atoms with E-state index >= 15 is 0 Å². The van der Waals surface area contributed by atoms with Crippen molar-refractivity contribution in [1.82, 2.24) is 20.0 Å². The first kappa shape index (κ1) is 15.0. The number of hydrogen-bond acceptors (Lipinski definition) is 3. The Bertz CT molecular complexity index is 790. The monoisotopic (exact) mass is 309 g/mol. The van der Waals surface area contributed by atoms with Gasteiger partial charge in [0.1, 0.15) is 0 Å². The van der Waals surface area contributed by atoms with Crippen LogP contribution in [0.25, 0.3) is 11.3 Å². The van der Waals surface area contributed by atoms with E-state index < -0.39 is 0 Å². The van der Waals surface area contributed by atoms with E-state index in [1.165, 1.54) is 0 Å². The van der Waals surface area contributed by atoms with Crippen LogP contribution in [0.3, 0.4) is 0 Å². The predicted molar refractivity (Wildman–Crippen MR) is 89.0 cm³/mol. The largest absolute Gasteiger partial charge is 0.298 e. The Morgan fingerprint density at radius 1 is 1.30 bits per heavy atom. The van der Waals surface area contributed by atoms with Gasteiger partial charge in [0.2, 0.25) is 5.91 Å². The fraction of sp³-hybridized carbons (Fsp3) is 0.235. The number of rotatable bonds is 5. The predicted octanol–water partition coefficient (Wildman–Crippen LogP) is 2.41. The molecule has 3 aromatic rings. The number of amides is 1. The zero-order valence-electron chi connectivity index (χ0n) is 13.2. The van der Waals surface area contributed by atoms with Crippen molar-refractivity contribution in [3.63, 3.8) is 0 Å². The Hall–Kier alpha value is -2.89. The smallest absolute Gasteiger partial charge is 0.228 e. The van der Waals surface area contributed by atoms with E-state index in [-0.39, 0.29) is 5.91 Å². The molecule has 6 nitrogen and oxygen atoms in total. The van der Waals surface area contributed by atoms with E-state index in [0.717, 1.165) is 16.8 Å². The van der Waals surface area contributed by atoms with Gasteiger partial charge < -0.3 is 0 Å². The van der Waals surface area contributed by atoms with Crippen molar-refractivity contribution < 1.29 is 4.79 Å². The summed E-state index contributed by atoms with van der Waals surface area (Å²) in [5.41, 5.74) is 3.00. The molecule has 0 aliphatic heterocycles. The number of H-pyrrole nitrogens is 1. The first-order valence-electron chi connectivity index (χ1n) is 7.48. The summed E-state index contributed by atoms with van der Waals surface area (Å²) in [4.78, 5) is 13.9. The normalized spacial score (nSPS) is 10.7. The summed E-state index contributed by atoms with van der Waals surface area (Å²) in [6.45, 7) is 0. The number of nitrogens with zero attached hydrogens (tertiary/aromatic N) is 4. The lowest BCUT2D eigenvalue weighted by Gasteiger charge is -2.13. The maximum absolute atomic E-state index is 12.3. The van der Waals surface area contributed by atoms with Crippen molar-refractivity contribution in [2.45, 2.75) is 12.8 Å². The van der Waals surface area contributed by atoms with Crippen LogP contribution in [0, 0.1) is 0 Å². The molecule has 0 fully saturated rings. The molecular weight excluding hydrogens is 290 g/mol. The highest BCUT2D eigenvalue weighted by Gasteiger charge is 2.14. The summed E-state index contributed by atoms with van der Waals surface area (Å²) in [6, 6.07) is 11.8. The third-order valence-corrected chi connectivity index (χ3v) is 3.75. The molecule has 2 heterocycles. The molecule has 3 rings (SSSR count). The molecule has 0 bridgehead atoms. The van der Waals surface area contributed by atoms with Crippen LogP contribution in [0.15, 0.2) is 48.8 Å². The fourth-order valence-electron chi connectivity index (χ4n) is 2.40. The molecule has 0 unspecified atom stereocenters. The summed E-state index contributed by atoms with van der Waals surface area (Å²) in [6.07, 6.45) is 4.81. The molecule has 2 aromatic heterocycles. The van der Waals surface area contributed by atoms with Gasteiger partial charge in [-0.1, -0.05) is 30.3 Å². The highest BCUT2D eigenvalue weighted by Crippen LogP contribution is 2.21. The molecule has 0 atom stereocenters. The van der Waals surface area contributed by atoms with Crippen LogP contribution in [0.1, 0.15) is 12.0 Å². The van der Waals surface area contributed by atoms with E-state index in [0.29, 0.717) is 18.7 Å². The van der Waals surface area contributed by atoms with Crippen LogP contribution in [0.5, 0.6) is 0 Å². The van der Waals surface area contributed by atoms with Gasteiger partial charge in [-0.25, -0.2) is 0 Å². The molecule has 118 valence electrons. The average molecular weight is 309 g/mol. The van der Waals surface area contributed by atoms with Gasteiger partial charge in [-0.2, -0.15) is 10.2 Å². The van der Waals surface area contributed by atoms with Gasteiger partial charge in [0.15, 0.2) is 5.82 Å². The Labute approximate surface area is 134 Å². The molecule has 6 heteroatoms. The zero-order valence-corrected chi connectivity index (χ0v) is 13.2. The Balaban J connectivity index is 1.64. The molecular formula is C17H19N5O. The lowest BCUT2D eigenvalue weighted by atomic mass is 10.1. The maximum Gasteiger partial charge on any atom is 0.228 e. The van der Waals surface area contributed by atoms with E-state index in [4.69, 9.17) is 0 Å². The second-order valence-electron chi connectivity index (χ2n) is 5.48. The van der Waals surface area contributed by atoms with Crippen molar-refractivity contribution >= 4 is 11.7 Å². The van der Waals surface area contributed by atoms with Gasteiger partial charge in [-0.15, -0.1) is 0 Å². The molecule has 0 aliphatic rings. The quantitative estimate of drug-likeness (QED) is 0.787. The van der Waals surface area contributed by atoms with Gasteiger partial charge >= 0.3 is 0 Å². The second-order valence-corrected chi connectivity index (χ2v) is 5.48. The topological polar surface area (TPSA) is 66.8 Å². The summed E-state index contributed by atoms with van der Waals surface area (Å²) in [7, 11) is 3.61. The Morgan fingerprint density at radius 3 is 2.78 bits per heavy atom. The first-order valence-corrected chi connectivity index (χ1v) is 7.48. The van der Waals surface area contributed by atoms with Crippen LogP contribution in [-0.2, 0) is 18.3 Å². The van der Waals surface area contributed by atoms with Gasteiger partial charge in [0.05, 0.1) is 11.9 Å². The lowest BCUT2D eigenvalue weighted by molar-refractivity contribution is -0.118. The number of nitrogens with one attached hydrogen (secondary N) is 1. The van der Waals surface area contributed by atoms with E-state index in [2.05, 4.69) is 15.3 Å². The van der Waals surface area contributed by atoms with Crippen LogP contribution in [-0.4, -0.2) is 32.9 Å². The minimum atomic E-state index is 0.0277. The first-order chi connectivity index (χ1) is 11.1. The summed E-state index contributed by atoms with van der Waals surface area (Å²) >= 11 is 0. The maximum atomic E-state index is 12.3. The molecule has 0 radical (unpaired) electrons. The zero-order chi connectivity index (χ0) is 16.2. The fourth-order valence-corrected chi connectivity index (χ4v) is 2.40. The molecule has 0 saturated heterocycles. The highest BCUT2D eigenvalue weighted by molar-refractivity contribution is 5.92. The van der Waals surface area contributed by atoms with Crippen molar-refractivity contribution in [3.8, 4) is 11.3 Å². The number of aromatic nitrogens is 4. The van der Waals surface area contributed by atoms with Gasteiger partial charge in [0.25, 0.3) is 0 Å². The molecule has 0 aliphatic carbocycles. The van der Waals surface area contributed by atoms with Gasteiger partial charge in [-0.05, 0) is 17.5 Å². The van der Waals surface area contributed by atoms with Crippen molar-refractivity contribution in [3.05, 3.63) is 54.4 Å². The van der Waals surface area contributed by atoms with Crippen molar-refractivity contribution in [2.24, 2.45) is 7.05 Å². The molecule has 23 heavy (non-hydrogen) atoms. The van der Waals surface area contributed by atoms with Crippen LogP contribution >= 0.6 is 0 Å². The minimum Gasteiger partial charge on any atom is -0.298 e. The highest BCUT2D eigenvalue weighted by atomic mass is 16.2. The summed E-state index contributed by atoms with van der Waals surface area (Å²) in [5, 5.41) is 11.3. The number of carbonyl (C=O) groups is 1. The van der Waals surface area contributed by atoms with E-state index in [1.807, 2.05) is 49.6 Å². The number of carbonyl (C=O) groups excluding carboxylic acids is 1. The third kappa shape index (κ3) is 3.48.